The summed E-state index contributed by atoms with van der Waals surface area (Å²) in [4.78, 5) is 38.6. The standard InChI is InChI=1S/C27H20ClIN2O6S/c1-2-36-22-12-15(11-21(29)23(22)37-14-17-6-3-4-9-20(17)28)10-19-24(32)30-27(38)31(25(19)33)18-8-5-7-16(13-18)26(34)35/h3-13H,2,14H2,1H3,(H,34,35)(H,30,32,38). The molecule has 0 saturated carbocycles. The Morgan fingerprint density at radius 2 is 1.89 bits per heavy atom. The van der Waals surface area contributed by atoms with Crippen LogP contribution in [0.5, 0.6) is 11.5 Å². The van der Waals surface area contributed by atoms with Gasteiger partial charge in [0.2, 0.25) is 0 Å². The lowest BCUT2D eigenvalue weighted by Crippen LogP contribution is -2.54. The van der Waals surface area contributed by atoms with Crippen molar-refractivity contribution in [3.63, 3.8) is 0 Å². The van der Waals surface area contributed by atoms with Crippen LogP contribution in [0.4, 0.5) is 5.69 Å². The second-order valence-electron chi connectivity index (χ2n) is 7.96. The van der Waals surface area contributed by atoms with Crippen molar-refractivity contribution < 1.29 is 29.0 Å². The van der Waals surface area contributed by atoms with Crippen molar-refractivity contribution in [3.05, 3.63) is 91.5 Å². The van der Waals surface area contributed by atoms with E-state index in [1.165, 1.54) is 30.3 Å². The maximum Gasteiger partial charge on any atom is 0.335 e. The molecule has 3 aromatic rings. The Balaban J connectivity index is 1.68. The fourth-order valence-electron chi connectivity index (χ4n) is 3.68. The Hall–Kier alpha value is -3.48. The topological polar surface area (TPSA) is 105 Å². The van der Waals surface area contributed by atoms with E-state index in [1.54, 1.807) is 18.2 Å². The number of thiocarbonyl (C=S) groups is 1. The largest absolute Gasteiger partial charge is 0.490 e. The number of halogens is 2. The summed E-state index contributed by atoms with van der Waals surface area (Å²) in [5, 5.41) is 12.3. The number of ether oxygens (including phenoxy) is 2. The van der Waals surface area contributed by atoms with Crippen molar-refractivity contribution in [2.75, 3.05) is 11.5 Å². The number of nitrogens with zero attached hydrogens (tertiary/aromatic N) is 1. The Morgan fingerprint density at radius 1 is 1.13 bits per heavy atom. The maximum absolute atomic E-state index is 13.4. The number of carbonyl (C=O) groups excluding carboxylic acids is 2. The summed E-state index contributed by atoms with van der Waals surface area (Å²) in [6.45, 7) is 2.41. The number of aromatic carboxylic acids is 1. The molecule has 0 aliphatic carbocycles. The Morgan fingerprint density at radius 3 is 2.61 bits per heavy atom. The number of hydrogen-bond donors (Lipinski definition) is 2. The summed E-state index contributed by atoms with van der Waals surface area (Å²) in [5.41, 5.74) is 1.35. The van der Waals surface area contributed by atoms with Crippen LogP contribution in [0.25, 0.3) is 6.08 Å². The molecule has 3 aromatic carbocycles. The second-order valence-corrected chi connectivity index (χ2v) is 9.91. The third-order valence-electron chi connectivity index (χ3n) is 5.43. The number of benzene rings is 3. The van der Waals surface area contributed by atoms with Crippen molar-refractivity contribution >= 4 is 81.1 Å². The van der Waals surface area contributed by atoms with Gasteiger partial charge in [0.15, 0.2) is 16.6 Å². The first-order chi connectivity index (χ1) is 18.2. The minimum absolute atomic E-state index is 0.0242. The quantitative estimate of drug-likeness (QED) is 0.143. The molecule has 0 bridgehead atoms. The molecule has 2 amide bonds. The van der Waals surface area contributed by atoms with Crippen LogP contribution in [0.2, 0.25) is 5.02 Å². The highest BCUT2D eigenvalue weighted by molar-refractivity contribution is 14.1. The Labute approximate surface area is 242 Å². The molecule has 1 aliphatic heterocycles. The van der Waals surface area contributed by atoms with Gasteiger partial charge < -0.3 is 14.6 Å². The van der Waals surface area contributed by atoms with E-state index < -0.39 is 17.8 Å². The van der Waals surface area contributed by atoms with Crippen LogP contribution in [0, 0.1) is 3.57 Å². The third kappa shape index (κ3) is 5.98. The molecule has 2 N–H and O–H groups in total. The van der Waals surface area contributed by atoms with Crippen molar-refractivity contribution in [1.82, 2.24) is 5.32 Å². The SMILES string of the molecule is CCOc1cc(C=C2C(=O)NC(=S)N(c3cccc(C(=O)O)c3)C2=O)cc(I)c1OCc1ccccc1Cl. The molecule has 194 valence electrons. The van der Waals surface area contributed by atoms with E-state index in [-0.39, 0.29) is 28.5 Å². The maximum atomic E-state index is 13.4. The summed E-state index contributed by atoms with van der Waals surface area (Å²) in [6, 6.07) is 16.5. The number of carboxylic acid groups (broad SMARTS) is 1. The van der Waals surface area contributed by atoms with Crippen LogP contribution in [-0.2, 0) is 16.2 Å². The molecular formula is C27H20ClIN2O6S. The van der Waals surface area contributed by atoms with Gasteiger partial charge in [0.1, 0.15) is 12.2 Å². The zero-order valence-corrected chi connectivity index (χ0v) is 23.6. The van der Waals surface area contributed by atoms with E-state index in [2.05, 4.69) is 27.9 Å². The molecule has 1 aliphatic rings. The Bertz CT molecular complexity index is 1490. The minimum atomic E-state index is -1.16. The van der Waals surface area contributed by atoms with E-state index in [0.717, 1.165) is 10.5 Å². The fourth-order valence-corrected chi connectivity index (χ4v) is 4.93. The average molecular weight is 663 g/mol. The second kappa shape index (κ2) is 11.9. The van der Waals surface area contributed by atoms with E-state index in [1.807, 2.05) is 25.1 Å². The van der Waals surface area contributed by atoms with Gasteiger partial charge in [-0.15, -0.1) is 0 Å². The lowest BCUT2D eigenvalue weighted by molar-refractivity contribution is -0.122. The lowest BCUT2D eigenvalue weighted by Gasteiger charge is -2.29. The third-order valence-corrected chi connectivity index (χ3v) is 6.88. The molecule has 1 saturated heterocycles. The predicted molar refractivity (Wildman–Crippen MR) is 156 cm³/mol. The highest BCUT2D eigenvalue weighted by atomic mass is 127. The van der Waals surface area contributed by atoms with E-state index in [9.17, 15) is 19.5 Å². The van der Waals surface area contributed by atoms with E-state index in [0.29, 0.717) is 32.3 Å². The summed E-state index contributed by atoms with van der Waals surface area (Å²) in [6.07, 6.45) is 1.43. The minimum Gasteiger partial charge on any atom is -0.490 e. The number of hydrogen-bond acceptors (Lipinski definition) is 6. The van der Waals surface area contributed by atoms with Gasteiger partial charge in [-0.3, -0.25) is 19.8 Å². The summed E-state index contributed by atoms with van der Waals surface area (Å²) >= 11 is 13.6. The zero-order chi connectivity index (χ0) is 27.4. The van der Waals surface area contributed by atoms with Crippen LogP contribution in [0.3, 0.4) is 0 Å². The molecule has 0 spiro atoms. The summed E-state index contributed by atoms with van der Waals surface area (Å²) < 4.78 is 12.5. The number of rotatable bonds is 8. The van der Waals surface area contributed by atoms with Gasteiger partial charge in [-0.2, -0.15) is 0 Å². The van der Waals surface area contributed by atoms with Crippen molar-refractivity contribution in [2.24, 2.45) is 0 Å². The molecule has 8 nitrogen and oxygen atoms in total. The molecule has 11 heteroatoms. The van der Waals surface area contributed by atoms with Gasteiger partial charge in [-0.25, -0.2) is 4.79 Å². The van der Waals surface area contributed by atoms with Crippen LogP contribution >= 0.6 is 46.4 Å². The van der Waals surface area contributed by atoms with Gasteiger partial charge in [-0.05, 0) is 89.8 Å². The number of carboxylic acids is 1. The number of carbonyl (C=O) groups is 3. The van der Waals surface area contributed by atoms with Gasteiger partial charge in [0.05, 0.1) is 21.4 Å². The van der Waals surface area contributed by atoms with Gasteiger partial charge in [-0.1, -0.05) is 35.9 Å². The monoisotopic (exact) mass is 662 g/mol. The molecule has 1 heterocycles. The molecule has 0 atom stereocenters. The van der Waals surface area contributed by atoms with Gasteiger partial charge >= 0.3 is 5.97 Å². The normalized spacial score (nSPS) is 14.4. The van der Waals surface area contributed by atoms with Crippen LogP contribution < -0.4 is 19.7 Å². The molecule has 38 heavy (non-hydrogen) atoms. The van der Waals surface area contributed by atoms with Crippen LogP contribution in [0.15, 0.2) is 66.2 Å². The first-order valence-corrected chi connectivity index (χ1v) is 13.1. The number of amides is 2. The fraction of sp³-hybridized carbons (Fsp3) is 0.111. The highest BCUT2D eigenvalue weighted by Crippen LogP contribution is 2.36. The first kappa shape index (κ1) is 27.6. The molecule has 1 fully saturated rings. The average Bonchev–Trinajstić information content (AvgIpc) is 2.87. The first-order valence-electron chi connectivity index (χ1n) is 11.3. The van der Waals surface area contributed by atoms with Crippen LogP contribution in [-0.4, -0.2) is 34.6 Å². The van der Waals surface area contributed by atoms with Crippen molar-refractivity contribution in [2.45, 2.75) is 13.5 Å². The lowest BCUT2D eigenvalue weighted by atomic mass is 10.1. The van der Waals surface area contributed by atoms with Gasteiger partial charge in [0.25, 0.3) is 11.8 Å². The number of anilines is 1. The predicted octanol–water partition coefficient (Wildman–Crippen LogP) is 5.45. The summed E-state index contributed by atoms with van der Waals surface area (Å²) in [5.74, 6) is -1.58. The molecule has 4 rings (SSSR count). The smallest absolute Gasteiger partial charge is 0.335 e. The Kier molecular flexibility index (Phi) is 8.65. The van der Waals surface area contributed by atoms with Crippen LogP contribution in [0.1, 0.15) is 28.4 Å². The zero-order valence-electron chi connectivity index (χ0n) is 19.9. The number of nitrogens with one attached hydrogen (secondary N) is 1. The van der Waals surface area contributed by atoms with Gasteiger partial charge in [0, 0.05) is 10.6 Å². The molecule has 0 radical (unpaired) electrons. The molecule has 0 aromatic heterocycles. The molecular weight excluding hydrogens is 643 g/mol. The highest BCUT2D eigenvalue weighted by Gasteiger charge is 2.35. The molecule has 0 unspecified atom stereocenters. The van der Waals surface area contributed by atoms with Crippen molar-refractivity contribution in [3.8, 4) is 11.5 Å². The van der Waals surface area contributed by atoms with Crippen molar-refractivity contribution in [1.29, 1.82) is 0 Å². The van der Waals surface area contributed by atoms with E-state index >= 15 is 0 Å². The van der Waals surface area contributed by atoms with E-state index in [4.69, 9.17) is 33.3 Å². The summed E-state index contributed by atoms with van der Waals surface area (Å²) in [7, 11) is 0.